The number of phenols is 1. The van der Waals surface area contributed by atoms with Gasteiger partial charge in [-0.05, 0) is 13.0 Å². The van der Waals surface area contributed by atoms with Crippen LogP contribution in [0.2, 0.25) is 0 Å². The lowest BCUT2D eigenvalue weighted by Gasteiger charge is -2.06. The van der Waals surface area contributed by atoms with Crippen LogP contribution in [0.1, 0.15) is 18.8 Å². The normalized spacial score (nSPS) is 12.4. The number of phenolic OH excluding ortho intramolecular Hbond substituents is 1. The molecule has 1 atom stereocenters. The molecule has 2 rings (SSSR count). The second kappa shape index (κ2) is 4.28. The Balaban J connectivity index is 2.39. The molecule has 2 aromatic rings. The van der Waals surface area contributed by atoms with Crippen molar-refractivity contribution in [2.24, 2.45) is 5.73 Å². The minimum absolute atomic E-state index is 0.182. The fourth-order valence-corrected chi connectivity index (χ4v) is 1.43. The van der Waals surface area contributed by atoms with Crippen LogP contribution in [0.3, 0.4) is 0 Å². The second-order valence-electron chi connectivity index (χ2n) is 3.64. The van der Waals surface area contributed by atoms with Gasteiger partial charge in [0, 0.05) is 23.5 Å². The molecule has 0 saturated carbocycles. The quantitative estimate of drug-likeness (QED) is 0.802. The molecule has 4 nitrogen and oxygen atoms in total. The average molecular weight is 215 g/mol. The molecule has 0 fully saturated rings. The summed E-state index contributed by atoms with van der Waals surface area (Å²) in [5, 5.41) is 9.66. The van der Waals surface area contributed by atoms with E-state index in [4.69, 9.17) is 5.73 Å². The maximum atomic E-state index is 9.66. The zero-order chi connectivity index (χ0) is 11.5. The largest absolute Gasteiger partial charge is 0.507 e. The summed E-state index contributed by atoms with van der Waals surface area (Å²) < 4.78 is 0. The van der Waals surface area contributed by atoms with Crippen molar-refractivity contribution in [3.8, 4) is 16.9 Å². The summed E-state index contributed by atoms with van der Waals surface area (Å²) in [6, 6.07) is 6.90. The van der Waals surface area contributed by atoms with Crippen LogP contribution in [-0.2, 0) is 0 Å². The van der Waals surface area contributed by atoms with Crippen LogP contribution in [0, 0.1) is 0 Å². The lowest BCUT2D eigenvalue weighted by molar-refractivity contribution is 0.477. The molecule has 1 aromatic heterocycles. The summed E-state index contributed by atoms with van der Waals surface area (Å²) in [7, 11) is 0. The maximum Gasteiger partial charge on any atom is 0.144 e. The number of para-hydroxylation sites is 1. The number of nitrogens with two attached hydrogens (primary N) is 1. The van der Waals surface area contributed by atoms with E-state index in [1.165, 1.54) is 0 Å². The van der Waals surface area contributed by atoms with Crippen molar-refractivity contribution in [2.45, 2.75) is 13.0 Å². The van der Waals surface area contributed by atoms with Gasteiger partial charge in [-0.15, -0.1) is 0 Å². The van der Waals surface area contributed by atoms with Crippen LogP contribution >= 0.6 is 0 Å². The summed E-state index contributed by atoms with van der Waals surface area (Å²) in [6.07, 6.45) is 3.33. The molecular weight excluding hydrogens is 202 g/mol. The molecule has 0 bridgehead atoms. The monoisotopic (exact) mass is 215 g/mol. The van der Waals surface area contributed by atoms with Crippen LogP contribution < -0.4 is 5.73 Å². The Morgan fingerprint density at radius 1 is 1.19 bits per heavy atom. The molecule has 16 heavy (non-hydrogen) atoms. The zero-order valence-electron chi connectivity index (χ0n) is 8.96. The van der Waals surface area contributed by atoms with Gasteiger partial charge in [0.05, 0.1) is 6.04 Å². The first kappa shape index (κ1) is 10.6. The first-order chi connectivity index (χ1) is 7.68. The predicted octanol–water partition coefficient (Wildman–Crippen LogP) is 1.87. The van der Waals surface area contributed by atoms with E-state index in [-0.39, 0.29) is 11.8 Å². The second-order valence-corrected chi connectivity index (χ2v) is 3.64. The number of nitrogens with zero attached hydrogens (tertiary/aromatic N) is 2. The van der Waals surface area contributed by atoms with Crippen LogP contribution in [0.5, 0.6) is 5.75 Å². The molecule has 0 saturated heterocycles. The third-order valence-corrected chi connectivity index (χ3v) is 2.29. The fraction of sp³-hybridized carbons (Fsp3) is 0.167. The first-order valence-corrected chi connectivity index (χ1v) is 5.04. The highest BCUT2D eigenvalue weighted by molar-refractivity contribution is 5.68. The van der Waals surface area contributed by atoms with Crippen molar-refractivity contribution in [1.82, 2.24) is 9.97 Å². The van der Waals surface area contributed by atoms with Gasteiger partial charge >= 0.3 is 0 Å². The molecule has 3 N–H and O–H groups in total. The Labute approximate surface area is 93.8 Å². The number of hydrogen-bond donors (Lipinski definition) is 2. The van der Waals surface area contributed by atoms with E-state index in [2.05, 4.69) is 9.97 Å². The average Bonchev–Trinajstić information content (AvgIpc) is 2.30. The Bertz CT molecular complexity index is 480. The van der Waals surface area contributed by atoms with E-state index in [1.54, 1.807) is 24.5 Å². The molecule has 0 aliphatic carbocycles. The lowest BCUT2D eigenvalue weighted by atomic mass is 10.1. The molecule has 0 spiro atoms. The van der Waals surface area contributed by atoms with Crippen LogP contribution in [-0.4, -0.2) is 15.1 Å². The Morgan fingerprint density at radius 2 is 1.81 bits per heavy atom. The van der Waals surface area contributed by atoms with Crippen LogP contribution in [0.25, 0.3) is 11.1 Å². The summed E-state index contributed by atoms with van der Waals surface area (Å²) in [4.78, 5) is 8.30. The maximum absolute atomic E-state index is 9.66. The summed E-state index contributed by atoms with van der Waals surface area (Å²) in [5.74, 6) is 0.818. The Morgan fingerprint density at radius 3 is 2.38 bits per heavy atom. The van der Waals surface area contributed by atoms with Gasteiger partial charge in [-0.1, -0.05) is 18.2 Å². The van der Waals surface area contributed by atoms with Crippen molar-refractivity contribution in [2.75, 3.05) is 0 Å². The fourth-order valence-electron chi connectivity index (χ4n) is 1.43. The van der Waals surface area contributed by atoms with Crippen molar-refractivity contribution in [3.05, 3.63) is 42.5 Å². The number of aromatic hydroxyl groups is 1. The molecule has 4 heteroatoms. The van der Waals surface area contributed by atoms with Gasteiger partial charge in [-0.3, -0.25) is 0 Å². The summed E-state index contributed by atoms with van der Waals surface area (Å²) >= 11 is 0. The van der Waals surface area contributed by atoms with Gasteiger partial charge in [-0.25, -0.2) is 9.97 Å². The third kappa shape index (κ3) is 2.01. The SMILES string of the molecule is CC(N)c1ncc(-c2ccccc2O)cn1. The van der Waals surface area contributed by atoms with E-state index < -0.39 is 0 Å². The summed E-state index contributed by atoms with van der Waals surface area (Å²) in [5.41, 5.74) is 7.16. The Hall–Kier alpha value is -1.94. The van der Waals surface area contributed by atoms with Gasteiger partial charge in [0.15, 0.2) is 0 Å². The minimum Gasteiger partial charge on any atom is -0.507 e. The summed E-state index contributed by atoms with van der Waals surface area (Å²) in [6.45, 7) is 1.83. The highest BCUT2D eigenvalue weighted by atomic mass is 16.3. The van der Waals surface area contributed by atoms with Crippen molar-refractivity contribution in [3.63, 3.8) is 0 Å². The topological polar surface area (TPSA) is 72.0 Å². The Kier molecular flexibility index (Phi) is 2.83. The lowest BCUT2D eigenvalue weighted by Crippen LogP contribution is -2.09. The first-order valence-electron chi connectivity index (χ1n) is 5.04. The minimum atomic E-state index is -0.182. The van der Waals surface area contributed by atoms with Gasteiger partial charge < -0.3 is 10.8 Å². The number of rotatable bonds is 2. The van der Waals surface area contributed by atoms with Gasteiger partial charge in [-0.2, -0.15) is 0 Å². The molecule has 0 radical (unpaired) electrons. The standard InChI is InChI=1S/C12H13N3O/c1-8(13)12-14-6-9(7-15-12)10-4-2-3-5-11(10)16/h2-8,16H,13H2,1H3. The van der Waals surface area contributed by atoms with E-state index >= 15 is 0 Å². The van der Waals surface area contributed by atoms with E-state index in [1.807, 2.05) is 19.1 Å². The molecule has 1 heterocycles. The number of benzene rings is 1. The molecular formula is C12H13N3O. The molecule has 1 aromatic carbocycles. The van der Waals surface area contributed by atoms with Gasteiger partial charge in [0.2, 0.25) is 0 Å². The zero-order valence-corrected chi connectivity index (χ0v) is 8.96. The number of aromatic nitrogens is 2. The van der Waals surface area contributed by atoms with Crippen LogP contribution in [0.4, 0.5) is 0 Å². The molecule has 0 aliphatic heterocycles. The van der Waals surface area contributed by atoms with E-state index in [9.17, 15) is 5.11 Å². The van der Waals surface area contributed by atoms with Gasteiger partial charge in [0.1, 0.15) is 11.6 Å². The molecule has 1 unspecified atom stereocenters. The van der Waals surface area contributed by atoms with Gasteiger partial charge in [0.25, 0.3) is 0 Å². The molecule has 82 valence electrons. The predicted molar refractivity (Wildman–Crippen MR) is 61.7 cm³/mol. The third-order valence-electron chi connectivity index (χ3n) is 2.29. The number of hydrogen-bond acceptors (Lipinski definition) is 4. The van der Waals surface area contributed by atoms with E-state index in [0.717, 1.165) is 11.1 Å². The van der Waals surface area contributed by atoms with Crippen LogP contribution in [0.15, 0.2) is 36.7 Å². The van der Waals surface area contributed by atoms with E-state index in [0.29, 0.717) is 5.82 Å². The van der Waals surface area contributed by atoms with Crippen molar-refractivity contribution < 1.29 is 5.11 Å². The smallest absolute Gasteiger partial charge is 0.144 e. The highest BCUT2D eigenvalue weighted by Gasteiger charge is 2.06. The molecule has 0 amide bonds. The van der Waals surface area contributed by atoms with Crippen molar-refractivity contribution in [1.29, 1.82) is 0 Å². The molecule has 0 aliphatic rings. The van der Waals surface area contributed by atoms with Crippen molar-refractivity contribution >= 4 is 0 Å². The highest BCUT2D eigenvalue weighted by Crippen LogP contribution is 2.27.